The van der Waals surface area contributed by atoms with Crippen molar-refractivity contribution in [2.75, 3.05) is 26.2 Å². The molecule has 3 atom stereocenters. The number of amides is 5. The summed E-state index contributed by atoms with van der Waals surface area (Å²) in [4.78, 5) is 71.1. The quantitative estimate of drug-likeness (QED) is 0.297. The Morgan fingerprint density at radius 3 is 2.21 bits per heavy atom. The van der Waals surface area contributed by atoms with Crippen LogP contribution in [-0.4, -0.2) is 98.9 Å². The molecule has 0 aromatic heterocycles. The lowest BCUT2D eigenvalue weighted by molar-refractivity contribution is -0.136. The van der Waals surface area contributed by atoms with Gasteiger partial charge < -0.3 is 10.0 Å². The molecule has 2 fully saturated rings. The van der Waals surface area contributed by atoms with Gasteiger partial charge in [-0.1, -0.05) is 36.4 Å². The molecule has 13 heteroatoms. The maximum absolute atomic E-state index is 13.7. The number of aromatic hydroxyl groups is 1. The van der Waals surface area contributed by atoms with Gasteiger partial charge in [-0.3, -0.25) is 44.0 Å². The second-order valence-corrected chi connectivity index (χ2v) is 17.1. The SMILES string of the molecule is C[C@@H]1Cc2cc(O)ccc2[C@H](c2ccc(C3=CCC4(CC3)CCN(C(=O)CN3Cc5cc6c(cc5C3)C(=O)N(C3CCC(=O)NC3=O)C6=O)CC4)cc2)N1CC(F)F. The van der Waals surface area contributed by atoms with E-state index in [1.807, 2.05) is 27.7 Å². The van der Waals surface area contributed by atoms with Gasteiger partial charge in [-0.05, 0) is 121 Å². The molecule has 6 aliphatic rings. The number of rotatable bonds is 7. The molecule has 11 nitrogen and oxygen atoms in total. The number of phenols is 1. The second-order valence-electron chi connectivity index (χ2n) is 17.1. The Morgan fingerprint density at radius 2 is 1.59 bits per heavy atom. The summed E-state index contributed by atoms with van der Waals surface area (Å²) in [7, 11) is 0. The van der Waals surface area contributed by atoms with E-state index in [2.05, 4.69) is 35.7 Å². The van der Waals surface area contributed by atoms with Crippen LogP contribution < -0.4 is 5.32 Å². The summed E-state index contributed by atoms with van der Waals surface area (Å²) in [5.41, 5.74) is 7.76. The van der Waals surface area contributed by atoms with Crippen molar-refractivity contribution in [1.29, 1.82) is 0 Å². The Labute approximate surface area is 335 Å². The number of nitrogens with zero attached hydrogens (tertiary/aromatic N) is 4. The van der Waals surface area contributed by atoms with Gasteiger partial charge >= 0.3 is 0 Å². The molecule has 1 unspecified atom stereocenters. The number of benzene rings is 3. The van der Waals surface area contributed by atoms with Gasteiger partial charge in [0.2, 0.25) is 17.7 Å². The fraction of sp³-hybridized carbons (Fsp3) is 0.444. The van der Waals surface area contributed by atoms with E-state index in [1.54, 1.807) is 24.3 Å². The largest absolute Gasteiger partial charge is 0.508 e. The van der Waals surface area contributed by atoms with E-state index in [-0.39, 0.29) is 66.2 Å². The third-order valence-corrected chi connectivity index (χ3v) is 13.6. The lowest BCUT2D eigenvalue weighted by Gasteiger charge is -2.44. The molecular weight excluding hydrogens is 745 g/mol. The molecule has 0 bridgehead atoms. The van der Waals surface area contributed by atoms with Gasteiger partial charge in [-0.25, -0.2) is 8.78 Å². The number of hydrogen-bond acceptors (Lipinski definition) is 8. The number of halogens is 2. The molecule has 1 spiro atoms. The first kappa shape index (κ1) is 38.3. The maximum Gasteiger partial charge on any atom is 0.262 e. The predicted octanol–water partition coefficient (Wildman–Crippen LogP) is 5.59. The summed E-state index contributed by atoms with van der Waals surface area (Å²) in [6, 6.07) is 15.6. The highest BCUT2D eigenvalue weighted by atomic mass is 19.3. The number of phenolic OH excluding ortho intramolecular Hbond substituents is 1. The third-order valence-electron chi connectivity index (χ3n) is 13.6. The van der Waals surface area contributed by atoms with Crippen molar-refractivity contribution in [3.05, 3.63) is 105 Å². The van der Waals surface area contributed by atoms with Gasteiger partial charge in [-0.15, -0.1) is 0 Å². The average molecular weight is 792 g/mol. The minimum atomic E-state index is -2.45. The van der Waals surface area contributed by atoms with Gasteiger partial charge in [0.15, 0.2) is 0 Å². The lowest BCUT2D eigenvalue weighted by Crippen LogP contribution is -2.54. The number of fused-ring (bicyclic) bond motifs is 3. The molecule has 3 aromatic rings. The molecule has 5 heterocycles. The molecule has 302 valence electrons. The molecule has 1 aliphatic carbocycles. The van der Waals surface area contributed by atoms with Crippen molar-refractivity contribution in [2.24, 2.45) is 5.41 Å². The highest BCUT2D eigenvalue weighted by Gasteiger charge is 2.46. The summed E-state index contributed by atoms with van der Waals surface area (Å²) >= 11 is 0. The first-order chi connectivity index (χ1) is 27.9. The van der Waals surface area contributed by atoms with Crippen molar-refractivity contribution in [1.82, 2.24) is 24.9 Å². The molecule has 0 saturated carbocycles. The second kappa shape index (κ2) is 14.8. The normalized spacial score (nSPS) is 24.6. The Kier molecular flexibility index (Phi) is 9.79. The molecule has 9 rings (SSSR count). The smallest absolute Gasteiger partial charge is 0.262 e. The van der Waals surface area contributed by atoms with Crippen molar-refractivity contribution in [3.63, 3.8) is 0 Å². The van der Waals surface area contributed by atoms with E-state index in [0.29, 0.717) is 32.6 Å². The Balaban J connectivity index is 0.796. The fourth-order valence-corrected chi connectivity index (χ4v) is 10.3. The minimum absolute atomic E-state index is 0.0660. The summed E-state index contributed by atoms with van der Waals surface area (Å²) in [5, 5.41) is 12.3. The van der Waals surface area contributed by atoms with Crippen molar-refractivity contribution >= 4 is 35.1 Å². The van der Waals surface area contributed by atoms with Gasteiger partial charge in [0.25, 0.3) is 18.2 Å². The van der Waals surface area contributed by atoms with Crippen LogP contribution in [0.5, 0.6) is 5.75 Å². The minimum Gasteiger partial charge on any atom is -0.508 e. The van der Waals surface area contributed by atoms with E-state index in [4.69, 9.17) is 0 Å². The molecule has 5 aliphatic heterocycles. The molecule has 58 heavy (non-hydrogen) atoms. The van der Waals surface area contributed by atoms with E-state index < -0.39 is 36.1 Å². The van der Waals surface area contributed by atoms with Crippen LogP contribution in [0, 0.1) is 5.41 Å². The summed E-state index contributed by atoms with van der Waals surface area (Å²) in [6.45, 7) is 4.23. The number of nitrogens with one attached hydrogen (secondary N) is 1. The number of carbonyl (C=O) groups excluding carboxylic acids is 5. The maximum atomic E-state index is 13.7. The summed E-state index contributed by atoms with van der Waals surface area (Å²) in [6.07, 6.45) is 5.43. The molecule has 5 amide bonds. The van der Waals surface area contributed by atoms with Crippen LogP contribution >= 0.6 is 0 Å². The van der Waals surface area contributed by atoms with Crippen LogP contribution in [0.25, 0.3) is 5.57 Å². The topological polar surface area (TPSA) is 131 Å². The highest BCUT2D eigenvalue weighted by molar-refractivity contribution is 6.23. The van der Waals surface area contributed by atoms with Crippen LogP contribution in [0.3, 0.4) is 0 Å². The van der Waals surface area contributed by atoms with Gasteiger partial charge in [0.1, 0.15) is 11.8 Å². The van der Waals surface area contributed by atoms with Crippen LogP contribution in [0.4, 0.5) is 8.78 Å². The zero-order chi connectivity index (χ0) is 40.5. The van der Waals surface area contributed by atoms with E-state index in [1.165, 1.54) is 5.57 Å². The summed E-state index contributed by atoms with van der Waals surface area (Å²) < 4.78 is 27.5. The zero-order valence-corrected chi connectivity index (χ0v) is 32.5. The number of likely N-dealkylation sites (tertiary alicyclic amines) is 1. The molecular formula is C45H47F2N5O6. The standard InChI is InChI=1S/C45H47F2N5O6/c1-26-18-30-19-33(53)6-7-34(30)41(51(26)24-38(46)47)29-4-2-27(3-5-29)28-10-12-45(13-11-28)14-16-50(17-15-45)40(55)25-49-22-31-20-35-36(21-32(31)23-49)44(58)52(43(35)57)37-8-9-39(54)48-42(37)56/h2-7,10,19-21,26,37-38,41,53H,8-9,11-18,22-25H2,1H3,(H,48,54,56)/t26-,37?,41+/m1/s1. The van der Waals surface area contributed by atoms with E-state index in [0.717, 1.165) is 70.4 Å². The number of hydrogen-bond donors (Lipinski definition) is 2. The number of imide groups is 2. The van der Waals surface area contributed by atoms with Crippen molar-refractivity contribution in [3.8, 4) is 5.75 Å². The fourth-order valence-electron chi connectivity index (χ4n) is 10.3. The number of carbonyl (C=O) groups is 5. The van der Waals surface area contributed by atoms with E-state index in [9.17, 15) is 37.9 Å². The van der Waals surface area contributed by atoms with Gasteiger partial charge in [0, 0.05) is 38.6 Å². The van der Waals surface area contributed by atoms with Crippen LogP contribution in [0.15, 0.2) is 60.7 Å². The molecule has 0 radical (unpaired) electrons. The average Bonchev–Trinajstić information content (AvgIpc) is 3.70. The Bertz CT molecular complexity index is 2200. The first-order valence-corrected chi connectivity index (χ1v) is 20.4. The van der Waals surface area contributed by atoms with Crippen LogP contribution in [-0.2, 0) is 33.9 Å². The highest BCUT2D eigenvalue weighted by Crippen LogP contribution is 2.47. The first-order valence-electron chi connectivity index (χ1n) is 20.4. The lowest BCUT2D eigenvalue weighted by atomic mass is 9.68. The molecule has 2 N–H and O–H groups in total. The molecule has 3 aromatic carbocycles. The zero-order valence-electron chi connectivity index (χ0n) is 32.5. The Morgan fingerprint density at radius 1 is 0.897 bits per heavy atom. The predicted molar refractivity (Wildman–Crippen MR) is 210 cm³/mol. The van der Waals surface area contributed by atoms with Crippen LogP contribution in [0.1, 0.15) is 112 Å². The van der Waals surface area contributed by atoms with Crippen molar-refractivity contribution < 1.29 is 37.9 Å². The Hall–Kier alpha value is -5.27. The van der Waals surface area contributed by atoms with E-state index >= 15 is 0 Å². The van der Waals surface area contributed by atoms with Crippen molar-refractivity contribution in [2.45, 2.75) is 95.9 Å². The number of alkyl halides is 2. The van der Waals surface area contributed by atoms with Gasteiger partial charge in [0.05, 0.1) is 30.3 Å². The monoisotopic (exact) mass is 791 g/mol. The van der Waals surface area contributed by atoms with Crippen LogP contribution in [0.2, 0.25) is 0 Å². The third kappa shape index (κ3) is 6.91. The number of allylic oxidation sites excluding steroid dienone is 2. The summed E-state index contributed by atoms with van der Waals surface area (Å²) in [5.74, 6) is -1.86. The molecule has 2 saturated heterocycles. The van der Waals surface area contributed by atoms with Gasteiger partial charge in [-0.2, -0.15) is 0 Å². The number of piperidine rings is 2.